The standard InChI is InChI=1S/C22H18F3N7O3/c23-22(24,25)35-17-5-3-16(4-6-17)27-19(33)12-31-11-15(10-26-31)14-7-8-32-18(9-14)28-21(30-32)29-20(34)13-1-2-13/h3-11,13H,1-2,12H2,(H,27,33)(H,29,30,34). The minimum absolute atomic E-state index is 0.0444. The number of anilines is 2. The number of amides is 2. The molecule has 2 amide bonds. The van der Waals surface area contributed by atoms with Crippen LogP contribution in [0.2, 0.25) is 0 Å². The van der Waals surface area contributed by atoms with E-state index in [9.17, 15) is 22.8 Å². The first-order valence-corrected chi connectivity index (χ1v) is 10.6. The first kappa shape index (κ1) is 22.4. The van der Waals surface area contributed by atoms with E-state index in [1.165, 1.54) is 16.8 Å². The molecule has 0 unspecified atom stereocenters. The van der Waals surface area contributed by atoms with Crippen LogP contribution in [-0.2, 0) is 16.1 Å². The highest BCUT2D eigenvalue weighted by Gasteiger charge is 2.31. The molecule has 0 bridgehead atoms. The third-order valence-corrected chi connectivity index (χ3v) is 5.16. The van der Waals surface area contributed by atoms with Gasteiger partial charge in [0.2, 0.25) is 17.8 Å². The second-order valence-corrected chi connectivity index (χ2v) is 7.96. The van der Waals surface area contributed by atoms with E-state index in [0.717, 1.165) is 36.1 Å². The van der Waals surface area contributed by atoms with Gasteiger partial charge in [0.05, 0.1) is 6.20 Å². The van der Waals surface area contributed by atoms with Crippen LogP contribution in [0, 0.1) is 5.92 Å². The number of carbonyl (C=O) groups is 2. The Kier molecular flexibility index (Phi) is 5.59. The van der Waals surface area contributed by atoms with Gasteiger partial charge in [-0.15, -0.1) is 18.3 Å². The molecule has 0 radical (unpaired) electrons. The second kappa shape index (κ2) is 8.74. The van der Waals surface area contributed by atoms with E-state index in [1.54, 1.807) is 35.2 Å². The zero-order valence-electron chi connectivity index (χ0n) is 18.0. The molecule has 0 atom stereocenters. The summed E-state index contributed by atoms with van der Waals surface area (Å²) in [6, 6.07) is 8.42. The molecule has 35 heavy (non-hydrogen) atoms. The number of aromatic nitrogens is 5. The molecular formula is C22H18F3N7O3. The second-order valence-electron chi connectivity index (χ2n) is 7.96. The molecule has 0 saturated heterocycles. The van der Waals surface area contributed by atoms with Crippen LogP contribution in [0.15, 0.2) is 55.0 Å². The van der Waals surface area contributed by atoms with Crippen molar-refractivity contribution >= 4 is 29.1 Å². The van der Waals surface area contributed by atoms with Gasteiger partial charge in [-0.3, -0.25) is 19.6 Å². The van der Waals surface area contributed by atoms with Crippen molar-refractivity contribution in [1.29, 1.82) is 0 Å². The molecular weight excluding hydrogens is 467 g/mol. The molecule has 1 fully saturated rings. The lowest BCUT2D eigenvalue weighted by Crippen LogP contribution is -2.19. The molecule has 1 aromatic carbocycles. The molecule has 1 saturated carbocycles. The highest BCUT2D eigenvalue weighted by atomic mass is 19.4. The monoisotopic (exact) mass is 485 g/mol. The van der Waals surface area contributed by atoms with Crippen molar-refractivity contribution in [2.24, 2.45) is 5.92 Å². The molecule has 1 aliphatic carbocycles. The predicted octanol–water partition coefficient (Wildman–Crippen LogP) is 3.48. The number of hydrogen-bond donors (Lipinski definition) is 2. The van der Waals surface area contributed by atoms with Crippen LogP contribution in [0.25, 0.3) is 16.8 Å². The third-order valence-electron chi connectivity index (χ3n) is 5.16. The Balaban J connectivity index is 1.21. The number of nitrogens with one attached hydrogen (secondary N) is 2. The van der Waals surface area contributed by atoms with Crippen LogP contribution in [0.3, 0.4) is 0 Å². The third kappa shape index (κ3) is 5.57. The van der Waals surface area contributed by atoms with Crippen molar-refractivity contribution in [3.8, 4) is 16.9 Å². The summed E-state index contributed by atoms with van der Waals surface area (Å²) in [6.45, 7) is -0.106. The van der Waals surface area contributed by atoms with Gasteiger partial charge in [-0.1, -0.05) is 0 Å². The summed E-state index contributed by atoms with van der Waals surface area (Å²) in [5.41, 5.74) is 2.38. The number of fused-ring (bicyclic) bond motifs is 1. The number of ether oxygens (including phenoxy) is 1. The van der Waals surface area contributed by atoms with Crippen molar-refractivity contribution in [3.63, 3.8) is 0 Å². The molecule has 3 aromatic heterocycles. The van der Waals surface area contributed by atoms with Crippen LogP contribution in [0.5, 0.6) is 5.75 Å². The Morgan fingerprint density at radius 1 is 1.09 bits per heavy atom. The molecule has 4 aromatic rings. The van der Waals surface area contributed by atoms with Gasteiger partial charge in [0.15, 0.2) is 5.65 Å². The molecule has 5 rings (SSSR count). The summed E-state index contributed by atoms with van der Waals surface area (Å²) in [5, 5.41) is 13.7. The summed E-state index contributed by atoms with van der Waals surface area (Å²) in [7, 11) is 0. The van der Waals surface area contributed by atoms with Crippen molar-refractivity contribution in [3.05, 3.63) is 55.0 Å². The van der Waals surface area contributed by atoms with Gasteiger partial charge in [0.25, 0.3) is 0 Å². The Morgan fingerprint density at radius 3 is 2.57 bits per heavy atom. The first-order chi connectivity index (χ1) is 16.7. The Bertz CT molecular complexity index is 1390. The highest BCUT2D eigenvalue weighted by molar-refractivity contribution is 5.92. The lowest BCUT2D eigenvalue weighted by molar-refractivity contribution is -0.274. The van der Waals surface area contributed by atoms with Crippen LogP contribution in [0.1, 0.15) is 12.8 Å². The number of alkyl halides is 3. The van der Waals surface area contributed by atoms with E-state index in [1.807, 2.05) is 0 Å². The summed E-state index contributed by atoms with van der Waals surface area (Å²) in [5.74, 6) is -0.582. The fourth-order valence-corrected chi connectivity index (χ4v) is 3.36. The van der Waals surface area contributed by atoms with E-state index in [-0.39, 0.29) is 30.1 Å². The summed E-state index contributed by atoms with van der Waals surface area (Å²) in [6.07, 6.45) is 1.96. The van der Waals surface area contributed by atoms with E-state index < -0.39 is 12.3 Å². The van der Waals surface area contributed by atoms with Crippen molar-refractivity contribution in [2.45, 2.75) is 25.7 Å². The van der Waals surface area contributed by atoms with Crippen LogP contribution < -0.4 is 15.4 Å². The maximum Gasteiger partial charge on any atom is 0.573 e. The number of nitrogens with zero attached hydrogens (tertiary/aromatic N) is 5. The quantitative estimate of drug-likeness (QED) is 0.414. The SMILES string of the molecule is O=C(Cn1cc(-c2ccn3nc(NC(=O)C4CC4)nc3c2)cn1)Nc1ccc(OC(F)(F)F)cc1. The maximum atomic E-state index is 12.3. The molecule has 0 aliphatic heterocycles. The first-order valence-electron chi connectivity index (χ1n) is 10.6. The number of halogens is 3. The summed E-state index contributed by atoms with van der Waals surface area (Å²) in [4.78, 5) is 28.6. The van der Waals surface area contributed by atoms with Gasteiger partial charge < -0.3 is 10.1 Å². The van der Waals surface area contributed by atoms with E-state index >= 15 is 0 Å². The maximum absolute atomic E-state index is 12.3. The lowest BCUT2D eigenvalue weighted by atomic mass is 10.1. The Labute approximate surface area is 195 Å². The van der Waals surface area contributed by atoms with Crippen LogP contribution >= 0.6 is 0 Å². The Morgan fingerprint density at radius 2 is 1.86 bits per heavy atom. The number of hydrogen-bond acceptors (Lipinski definition) is 6. The highest BCUT2D eigenvalue weighted by Crippen LogP contribution is 2.30. The number of rotatable bonds is 7. The number of carbonyl (C=O) groups excluding carboxylic acids is 2. The van der Waals surface area contributed by atoms with Gasteiger partial charge in [-0.25, -0.2) is 4.52 Å². The zero-order valence-corrected chi connectivity index (χ0v) is 18.0. The summed E-state index contributed by atoms with van der Waals surface area (Å²) >= 11 is 0. The average Bonchev–Trinajstić information content (AvgIpc) is 3.42. The number of benzene rings is 1. The van der Waals surface area contributed by atoms with Crippen molar-refractivity contribution in [1.82, 2.24) is 24.4 Å². The van der Waals surface area contributed by atoms with Gasteiger partial charge in [-0.05, 0) is 54.8 Å². The fourth-order valence-electron chi connectivity index (χ4n) is 3.36. The Hall–Kier alpha value is -4.42. The zero-order chi connectivity index (χ0) is 24.6. The summed E-state index contributed by atoms with van der Waals surface area (Å²) < 4.78 is 43.5. The molecule has 1 aliphatic rings. The van der Waals surface area contributed by atoms with Gasteiger partial charge in [-0.2, -0.15) is 10.1 Å². The molecule has 10 nitrogen and oxygen atoms in total. The van der Waals surface area contributed by atoms with E-state index in [4.69, 9.17) is 0 Å². The van der Waals surface area contributed by atoms with Gasteiger partial charge in [0.1, 0.15) is 12.3 Å². The predicted molar refractivity (Wildman–Crippen MR) is 117 cm³/mol. The smallest absolute Gasteiger partial charge is 0.406 e. The van der Waals surface area contributed by atoms with Crippen molar-refractivity contribution < 1.29 is 27.5 Å². The number of pyridine rings is 1. The van der Waals surface area contributed by atoms with Crippen molar-refractivity contribution in [2.75, 3.05) is 10.6 Å². The topological polar surface area (TPSA) is 115 Å². The minimum atomic E-state index is -4.78. The van der Waals surface area contributed by atoms with Gasteiger partial charge in [0, 0.05) is 29.6 Å². The lowest BCUT2D eigenvalue weighted by Gasteiger charge is -2.10. The van der Waals surface area contributed by atoms with Crippen LogP contribution in [-0.4, -0.2) is 42.6 Å². The van der Waals surface area contributed by atoms with Gasteiger partial charge >= 0.3 is 6.36 Å². The van der Waals surface area contributed by atoms with E-state index in [0.29, 0.717) is 11.3 Å². The minimum Gasteiger partial charge on any atom is -0.406 e. The normalized spacial score (nSPS) is 13.6. The molecule has 180 valence electrons. The fraction of sp³-hybridized carbons (Fsp3) is 0.227. The molecule has 2 N–H and O–H groups in total. The average molecular weight is 485 g/mol. The molecule has 13 heteroatoms. The largest absolute Gasteiger partial charge is 0.573 e. The van der Waals surface area contributed by atoms with Crippen LogP contribution in [0.4, 0.5) is 24.8 Å². The van der Waals surface area contributed by atoms with E-state index in [2.05, 4.69) is 30.6 Å². The molecule has 3 heterocycles. The molecule has 0 spiro atoms.